The number of benzene rings is 2. The van der Waals surface area contributed by atoms with Gasteiger partial charge in [0.15, 0.2) is 11.6 Å². The van der Waals surface area contributed by atoms with Crippen molar-refractivity contribution in [2.24, 2.45) is 0 Å². The van der Waals surface area contributed by atoms with Gasteiger partial charge in [0.1, 0.15) is 22.5 Å². The van der Waals surface area contributed by atoms with Crippen molar-refractivity contribution in [2.45, 2.75) is 34.6 Å². The van der Waals surface area contributed by atoms with Gasteiger partial charge in [0.05, 0.1) is 0 Å². The largest absolute Gasteiger partial charge is 0.241 e. The van der Waals surface area contributed by atoms with E-state index in [0.29, 0.717) is 16.6 Å². The third-order valence-electron chi connectivity index (χ3n) is 3.32. The number of rotatable bonds is 1. The van der Waals surface area contributed by atoms with Crippen molar-refractivity contribution in [3.8, 4) is 10.6 Å². The van der Waals surface area contributed by atoms with E-state index in [1.165, 1.54) is 37.3 Å². The van der Waals surface area contributed by atoms with E-state index in [9.17, 15) is 22.0 Å². The third-order valence-corrected chi connectivity index (χ3v) is 4.33. The Labute approximate surface area is 159 Å². The second kappa shape index (κ2) is 10.2. The molecule has 0 atom stereocenters. The number of thiazole rings is 1. The molecule has 1 aromatic heterocycles. The zero-order chi connectivity index (χ0) is 20.7. The summed E-state index contributed by atoms with van der Waals surface area (Å²) in [5.74, 6) is -3.94. The minimum Gasteiger partial charge on any atom is -0.241 e. The zero-order valence-corrected chi connectivity index (χ0v) is 16.4. The number of aromatic nitrogens is 1. The second-order valence-electron chi connectivity index (χ2n) is 5.38. The van der Waals surface area contributed by atoms with Crippen LogP contribution in [0, 0.1) is 49.9 Å². The van der Waals surface area contributed by atoms with Gasteiger partial charge in [-0.1, -0.05) is 13.8 Å². The molecule has 0 spiro atoms. The molecule has 0 amide bonds. The van der Waals surface area contributed by atoms with Crippen LogP contribution in [-0.2, 0) is 0 Å². The van der Waals surface area contributed by atoms with Gasteiger partial charge in [-0.05, 0) is 44.5 Å². The molecule has 3 rings (SSSR count). The number of halogens is 5. The van der Waals surface area contributed by atoms with Crippen molar-refractivity contribution in [3.05, 3.63) is 75.6 Å². The summed E-state index contributed by atoms with van der Waals surface area (Å²) in [5.41, 5.74) is 1.38. The molecule has 0 aliphatic rings. The molecule has 0 N–H and O–H groups in total. The van der Waals surface area contributed by atoms with Gasteiger partial charge in [-0.2, -0.15) is 0 Å². The Bertz CT molecular complexity index is 859. The standard InChI is InChI=1S/C11H9F2NS.C7H5F3.C2H6/c1-6-5-15-11(14-6)8-3-9(12)7(2)10(13)4-8;1-4-2-5(8)3-6(9)7(4)10;1-2/h3-5H,1-2H3;2-3H,1H3;1-2H3. The summed E-state index contributed by atoms with van der Waals surface area (Å²) in [6.45, 7) is 8.57. The summed E-state index contributed by atoms with van der Waals surface area (Å²) >= 11 is 1.38. The van der Waals surface area contributed by atoms with Crippen LogP contribution in [0.25, 0.3) is 10.6 Å². The molecule has 0 unspecified atom stereocenters. The van der Waals surface area contributed by atoms with Gasteiger partial charge in [-0.25, -0.2) is 26.9 Å². The molecule has 146 valence electrons. The Morgan fingerprint density at radius 3 is 1.78 bits per heavy atom. The van der Waals surface area contributed by atoms with Gasteiger partial charge in [0, 0.05) is 28.3 Å². The second-order valence-corrected chi connectivity index (χ2v) is 6.24. The maximum Gasteiger partial charge on any atom is 0.162 e. The summed E-state index contributed by atoms with van der Waals surface area (Å²) in [6.07, 6.45) is 0. The monoisotopic (exact) mass is 401 g/mol. The molecule has 2 aromatic carbocycles. The van der Waals surface area contributed by atoms with E-state index in [1.54, 1.807) is 0 Å². The lowest BCUT2D eigenvalue weighted by Gasteiger charge is -2.01. The molecule has 27 heavy (non-hydrogen) atoms. The van der Waals surface area contributed by atoms with Crippen LogP contribution >= 0.6 is 11.3 Å². The molecule has 0 fully saturated rings. The zero-order valence-electron chi connectivity index (χ0n) is 15.6. The predicted molar refractivity (Wildman–Crippen MR) is 99.3 cm³/mol. The van der Waals surface area contributed by atoms with E-state index < -0.39 is 29.1 Å². The van der Waals surface area contributed by atoms with Crippen LogP contribution in [0.1, 0.15) is 30.7 Å². The lowest BCUT2D eigenvalue weighted by atomic mass is 10.1. The lowest BCUT2D eigenvalue weighted by Crippen LogP contribution is -1.90. The van der Waals surface area contributed by atoms with E-state index in [4.69, 9.17) is 0 Å². The molecule has 1 heterocycles. The maximum absolute atomic E-state index is 13.3. The van der Waals surface area contributed by atoms with Crippen LogP contribution in [0.2, 0.25) is 0 Å². The molecule has 0 aliphatic carbocycles. The van der Waals surface area contributed by atoms with E-state index in [-0.39, 0.29) is 11.1 Å². The Kier molecular flexibility index (Phi) is 8.56. The molecule has 3 aromatic rings. The number of nitrogens with zero attached hydrogens (tertiary/aromatic N) is 1. The van der Waals surface area contributed by atoms with Crippen LogP contribution in [-0.4, -0.2) is 4.98 Å². The highest BCUT2D eigenvalue weighted by Gasteiger charge is 2.10. The number of hydrogen-bond donors (Lipinski definition) is 0. The summed E-state index contributed by atoms with van der Waals surface area (Å²) < 4.78 is 63.3. The molecule has 1 nitrogen and oxygen atoms in total. The Balaban J connectivity index is 0.000000265. The van der Waals surface area contributed by atoms with Crippen LogP contribution in [0.15, 0.2) is 29.6 Å². The summed E-state index contributed by atoms with van der Waals surface area (Å²) in [5, 5.41) is 2.50. The van der Waals surface area contributed by atoms with Crippen molar-refractivity contribution < 1.29 is 22.0 Å². The molecule has 7 heteroatoms. The van der Waals surface area contributed by atoms with Crippen molar-refractivity contribution in [2.75, 3.05) is 0 Å². The third kappa shape index (κ3) is 6.13. The quantitative estimate of drug-likeness (QED) is 0.312. The first-order valence-electron chi connectivity index (χ1n) is 8.18. The highest BCUT2D eigenvalue weighted by molar-refractivity contribution is 7.13. The highest BCUT2D eigenvalue weighted by Crippen LogP contribution is 2.26. The fraction of sp³-hybridized carbons (Fsp3) is 0.250. The fourth-order valence-electron chi connectivity index (χ4n) is 1.94. The molecule has 0 aliphatic heterocycles. The average Bonchev–Trinajstić information content (AvgIpc) is 3.06. The van der Waals surface area contributed by atoms with Gasteiger partial charge < -0.3 is 0 Å². The fourth-order valence-corrected chi connectivity index (χ4v) is 2.73. The van der Waals surface area contributed by atoms with Crippen LogP contribution in [0.5, 0.6) is 0 Å². The first-order valence-corrected chi connectivity index (χ1v) is 9.06. The first kappa shape index (κ1) is 22.8. The normalized spacial score (nSPS) is 9.85. The smallest absolute Gasteiger partial charge is 0.162 e. The summed E-state index contributed by atoms with van der Waals surface area (Å²) in [6, 6.07) is 4.09. The Morgan fingerprint density at radius 1 is 0.778 bits per heavy atom. The first-order chi connectivity index (χ1) is 12.7. The van der Waals surface area contributed by atoms with E-state index in [1.807, 2.05) is 26.2 Å². The van der Waals surface area contributed by atoms with Crippen molar-refractivity contribution in [1.29, 1.82) is 0 Å². The molecule has 0 bridgehead atoms. The number of aryl methyl sites for hydroxylation is 2. The van der Waals surface area contributed by atoms with Crippen molar-refractivity contribution in [3.63, 3.8) is 0 Å². The van der Waals surface area contributed by atoms with Crippen LogP contribution < -0.4 is 0 Å². The molecule has 0 saturated heterocycles. The van der Waals surface area contributed by atoms with Crippen LogP contribution in [0.4, 0.5) is 22.0 Å². The van der Waals surface area contributed by atoms with Gasteiger partial charge in [0.25, 0.3) is 0 Å². The highest BCUT2D eigenvalue weighted by atomic mass is 32.1. The topological polar surface area (TPSA) is 12.9 Å². The van der Waals surface area contributed by atoms with E-state index in [2.05, 4.69) is 4.98 Å². The van der Waals surface area contributed by atoms with E-state index >= 15 is 0 Å². The van der Waals surface area contributed by atoms with E-state index in [0.717, 1.165) is 11.8 Å². The Hall–Kier alpha value is -2.28. The summed E-state index contributed by atoms with van der Waals surface area (Å²) in [7, 11) is 0. The van der Waals surface area contributed by atoms with Crippen molar-refractivity contribution >= 4 is 11.3 Å². The lowest BCUT2D eigenvalue weighted by molar-refractivity contribution is 0.489. The van der Waals surface area contributed by atoms with Crippen molar-refractivity contribution in [1.82, 2.24) is 4.98 Å². The maximum atomic E-state index is 13.3. The van der Waals surface area contributed by atoms with Crippen LogP contribution in [0.3, 0.4) is 0 Å². The molecule has 0 saturated carbocycles. The van der Waals surface area contributed by atoms with Gasteiger partial charge >= 0.3 is 0 Å². The minimum atomic E-state index is -1.14. The van der Waals surface area contributed by atoms with Gasteiger partial charge in [0.2, 0.25) is 0 Å². The SMILES string of the molecule is CC.Cc1cc(F)cc(F)c1F.Cc1csc(-c2cc(F)c(C)c(F)c2)n1. The Morgan fingerprint density at radius 2 is 1.33 bits per heavy atom. The average molecular weight is 401 g/mol. The van der Waals surface area contributed by atoms with Gasteiger partial charge in [-0.15, -0.1) is 11.3 Å². The minimum absolute atomic E-state index is 0.0162. The predicted octanol–water partition coefficient (Wildman–Crippen LogP) is 7.14. The molecular weight excluding hydrogens is 381 g/mol. The van der Waals surface area contributed by atoms with Gasteiger partial charge in [-0.3, -0.25) is 0 Å². The molecule has 0 radical (unpaired) electrons. The number of hydrogen-bond acceptors (Lipinski definition) is 2. The molecular formula is C20H20F5NS. The summed E-state index contributed by atoms with van der Waals surface area (Å²) in [4.78, 5) is 4.18.